The second-order valence-corrected chi connectivity index (χ2v) is 6.74. The number of esters is 1. The predicted molar refractivity (Wildman–Crippen MR) is 105 cm³/mol. The first kappa shape index (κ1) is 19.3. The van der Waals surface area contributed by atoms with E-state index in [0.717, 1.165) is 31.4 Å². The van der Waals surface area contributed by atoms with Crippen molar-refractivity contribution in [3.63, 3.8) is 0 Å². The fraction of sp³-hybridized carbons (Fsp3) is 0.364. The standard InChI is InChI=1S/C22H26N2O3/c1-27-22(26)9-5-17-4-7-20-19(15-17)6-8-21(20)24(13-14-25)12-10-18-3-2-11-23-16-18/h2-5,7,9,11,15-16,21,25H,6,8,10,12-14H2,1H3/b9-5+. The minimum atomic E-state index is -0.349. The highest BCUT2D eigenvalue weighted by Crippen LogP contribution is 2.36. The van der Waals surface area contributed by atoms with E-state index in [1.54, 1.807) is 12.3 Å². The van der Waals surface area contributed by atoms with Crippen molar-refractivity contribution in [2.45, 2.75) is 25.3 Å². The molecule has 3 rings (SSSR count). The van der Waals surface area contributed by atoms with E-state index in [4.69, 9.17) is 0 Å². The zero-order chi connectivity index (χ0) is 19.1. The van der Waals surface area contributed by atoms with Crippen molar-refractivity contribution in [3.8, 4) is 0 Å². The van der Waals surface area contributed by atoms with Crippen molar-refractivity contribution < 1.29 is 14.6 Å². The fourth-order valence-electron chi connectivity index (χ4n) is 3.70. The lowest BCUT2D eigenvalue weighted by Crippen LogP contribution is -2.32. The Morgan fingerprint density at radius 2 is 2.26 bits per heavy atom. The second kappa shape index (κ2) is 9.44. The molecular formula is C22H26N2O3. The first-order valence-electron chi connectivity index (χ1n) is 9.34. The molecule has 27 heavy (non-hydrogen) atoms. The molecule has 1 unspecified atom stereocenters. The van der Waals surface area contributed by atoms with Gasteiger partial charge in [0.2, 0.25) is 0 Å². The van der Waals surface area contributed by atoms with E-state index < -0.39 is 0 Å². The van der Waals surface area contributed by atoms with Gasteiger partial charge in [0.25, 0.3) is 0 Å². The van der Waals surface area contributed by atoms with E-state index in [1.165, 1.54) is 29.9 Å². The van der Waals surface area contributed by atoms with Crippen molar-refractivity contribution in [1.82, 2.24) is 9.88 Å². The normalized spacial score (nSPS) is 16.0. The third kappa shape index (κ3) is 5.02. The maximum absolute atomic E-state index is 11.3. The number of aromatic nitrogens is 1. The monoisotopic (exact) mass is 366 g/mol. The Morgan fingerprint density at radius 3 is 3.00 bits per heavy atom. The highest BCUT2D eigenvalue weighted by atomic mass is 16.5. The summed E-state index contributed by atoms with van der Waals surface area (Å²) < 4.78 is 4.64. The molecule has 5 nitrogen and oxygen atoms in total. The van der Waals surface area contributed by atoms with E-state index in [1.807, 2.05) is 18.3 Å². The smallest absolute Gasteiger partial charge is 0.330 e. The van der Waals surface area contributed by atoms with Crippen molar-refractivity contribution in [2.24, 2.45) is 0 Å². The predicted octanol–water partition coefficient (Wildman–Crippen LogP) is 2.79. The fourth-order valence-corrected chi connectivity index (χ4v) is 3.70. The number of aryl methyl sites for hydroxylation is 1. The summed E-state index contributed by atoms with van der Waals surface area (Å²) in [6.07, 6.45) is 9.89. The van der Waals surface area contributed by atoms with Crippen LogP contribution in [-0.2, 0) is 22.4 Å². The minimum absolute atomic E-state index is 0.152. The highest BCUT2D eigenvalue weighted by molar-refractivity contribution is 5.86. The van der Waals surface area contributed by atoms with Gasteiger partial charge in [0.1, 0.15) is 0 Å². The summed E-state index contributed by atoms with van der Waals surface area (Å²) in [6.45, 7) is 1.70. The highest BCUT2D eigenvalue weighted by Gasteiger charge is 2.27. The number of carbonyl (C=O) groups is 1. The molecule has 0 bridgehead atoms. The lowest BCUT2D eigenvalue weighted by Gasteiger charge is -2.29. The molecule has 0 aliphatic heterocycles. The van der Waals surface area contributed by atoms with E-state index in [0.29, 0.717) is 12.6 Å². The number of ether oxygens (including phenoxy) is 1. The van der Waals surface area contributed by atoms with Gasteiger partial charge in [-0.25, -0.2) is 4.79 Å². The molecule has 0 fully saturated rings. The molecule has 0 amide bonds. The van der Waals surface area contributed by atoms with Gasteiger partial charge in [0.15, 0.2) is 0 Å². The van der Waals surface area contributed by atoms with Crippen LogP contribution in [0.25, 0.3) is 6.08 Å². The van der Waals surface area contributed by atoms with Gasteiger partial charge in [0.05, 0.1) is 13.7 Å². The Kier molecular flexibility index (Phi) is 6.74. The number of aliphatic hydroxyl groups excluding tert-OH is 1. The van der Waals surface area contributed by atoms with Crippen LogP contribution in [-0.4, -0.2) is 47.8 Å². The Labute approximate surface area is 160 Å². The molecule has 0 saturated heterocycles. The number of pyridine rings is 1. The third-order valence-corrected chi connectivity index (χ3v) is 5.06. The summed E-state index contributed by atoms with van der Waals surface area (Å²) in [7, 11) is 1.38. The van der Waals surface area contributed by atoms with Crippen LogP contribution < -0.4 is 0 Å². The van der Waals surface area contributed by atoms with E-state index >= 15 is 0 Å². The van der Waals surface area contributed by atoms with E-state index in [-0.39, 0.29) is 12.6 Å². The minimum Gasteiger partial charge on any atom is -0.466 e. The van der Waals surface area contributed by atoms with Gasteiger partial charge in [-0.05, 0) is 53.7 Å². The molecule has 0 saturated carbocycles. The molecule has 1 heterocycles. The molecule has 0 radical (unpaired) electrons. The maximum Gasteiger partial charge on any atom is 0.330 e. The van der Waals surface area contributed by atoms with Gasteiger partial charge in [-0.15, -0.1) is 0 Å². The third-order valence-electron chi connectivity index (χ3n) is 5.06. The zero-order valence-electron chi connectivity index (χ0n) is 15.7. The van der Waals surface area contributed by atoms with Crippen LogP contribution in [0.15, 0.2) is 48.8 Å². The number of aliphatic hydroxyl groups is 1. The van der Waals surface area contributed by atoms with Gasteiger partial charge in [-0.2, -0.15) is 0 Å². The number of rotatable bonds is 8. The average molecular weight is 366 g/mol. The van der Waals surface area contributed by atoms with Crippen LogP contribution in [0.5, 0.6) is 0 Å². The van der Waals surface area contributed by atoms with Crippen LogP contribution in [0.1, 0.15) is 34.7 Å². The average Bonchev–Trinajstić information content (AvgIpc) is 3.13. The summed E-state index contributed by atoms with van der Waals surface area (Å²) in [4.78, 5) is 17.8. The van der Waals surface area contributed by atoms with Crippen molar-refractivity contribution in [1.29, 1.82) is 0 Å². The number of methoxy groups -OCH3 is 1. The Bertz CT molecular complexity index is 789. The second-order valence-electron chi connectivity index (χ2n) is 6.74. The number of fused-ring (bicyclic) bond motifs is 1. The topological polar surface area (TPSA) is 62.7 Å². The number of hydrogen-bond acceptors (Lipinski definition) is 5. The van der Waals surface area contributed by atoms with Crippen LogP contribution in [0, 0.1) is 0 Å². The summed E-state index contributed by atoms with van der Waals surface area (Å²) in [6, 6.07) is 10.7. The number of benzene rings is 1. The Morgan fingerprint density at radius 1 is 1.37 bits per heavy atom. The Balaban J connectivity index is 1.71. The first-order chi connectivity index (χ1) is 13.2. The summed E-state index contributed by atoms with van der Waals surface area (Å²) >= 11 is 0. The van der Waals surface area contributed by atoms with Crippen LogP contribution in [0.2, 0.25) is 0 Å². The number of nitrogens with zero attached hydrogens (tertiary/aromatic N) is 2. The summed E-state index contributed by atoms with van der Waals surface area (Å²) in [5, 5.41) is 9.52. The van der Waals surface area contributed by atoms with Crippen LogP contribution in [0.3, 0.4) is 0 Å². The molecule has 1 aromatic heterocycles. The van der Waals surface area contributed by atoms with Gasteiger partial charge in [0, 0.05) is 37.6 Å². The molecule has 1 atom stereocenters. The van der Waals surface area contributed by atoms with Crippen molar-refractivity contribution in [3.05, 3.63) is 71.1 Å². The summed E-state index contributed by atoms with van der Waals surface area (Å²) in [5.41, 5.74) is 4.85. The molecule has 1 N–H and O–H groups in total. The molecule has 1 aliphatic rings. The van der Waals surface area contributed by atoms with Crippen molar-refractivity contribution >= 4 is 12.0 Å². The molecule has 1 aromatic carbocycles. The molecule has 2 aromatic rings. The number of hydrogen-bond donors (Lipinski definition) is 1. The molecule has 1 aliphatic carbocycles. The van der Waals surface area contributed by atoms with Crippen LogP contribution in [0.4, 0.5) is 0 Å². The Hall–Kier alpha value is -2.50. The van der Waals surface area contributed by atoms with Crippen molar-refractivity contribution in [2.75, 3.05) is 26.8 Å². The van der Waals surface area contributed by atoms with E-state index in [9.17, 15) is 9.90 Å². The lowest BCUT2D eigenvalue weighted by atomic mass is 10.0. The maximum atomic E-state index is 11.3. The SMILES string of the molecule is COC(=O)/C=C/c1ccc2c(c1)CCC2N(CCO)CCc1cccnc1. The van der Waals surface area contributed by atoms with E-state index in [2.05, 4.69) is 32.8 Å². The zero-order valence-corrected chi connectivity index (χ0v) is 15.7. The first-order valence-corrected chi connectivity index (χ1v) is 9.34. The molecular weight excluding hydrogens is 340 g/mol. The number of carbonyl (C=O) groups excluding carboxylic acids is 1. The molecule has 5 heteroatoms. The molecule has 0 spiro atoms. The van der Waals surface area contributed by atoms with Gasteiger partial charge >= 0.3 is 5.97 Å². The van der Waals surface area contributed by atoms with Crippen LogP contribution >= 0.6 is 0 Å². The largest absolute Gasteiger partial charge is 0.466 e. The van der Waals surface area contributed by atoms with Gasteiger partial charge in [-0.3, -0.25) is 9.88 Å². The van der Waals surface area contributed by atoms with Gasteiger partial charge in [-0.1, -0.05) is 24.3 Å². The lowest BCUT2D eigenvalue weighted by molar-refractivity contribution is -0.134. The molecule has 142 valence electrons. The van der Waals surface area contributed by atoms with Gasteiger partial charge < -0.3 is 9.84 Å². The quantitative estimate of drug-likeness (QED) is 0.575. The summed E-state index contributed by atoms with van der Waals surface area (Å²) in [5.74, 6) is -0.349.